The van der Waals surface area contributed by atoms with Gasteiger partial charge in [-0.05, 0) is 25.7 Å². The van der Waals surface area contributed by atoms with E-state index in [4.69, 9.17) is 10.5 Å². The number of nitrogens with two attached hydrogens (primary N) is 1. The number of hydrogen-bond donors (Lipinski definition) is 1. The summed E-state index contributed by atoms with van der Waals surface area (Å²) in [5, 5.41) is 0. The van der Waals surface area contributed by atoms with Gasteiger partial charge in [0.1, 0.15) is 6.10 Å². The third kappa shape index (κ3) is 3.56. The summed E-state index contributed by atoms with van der Waals surface area (Å²) in [7, 11) is 0. The number of hydrogen-bond acceptors (Lipinski definition) is 4. The fourth-order valence-electron chi connectivity index (χ4n) is 2.52. The first-order chi connectivity index (χ1) is 9.22. The van der Waals surface area contributed by atoms with Crippen LogP contribution < -0.4 is 16.0 Å². The van der Waals surface area contributed by atoms with Gasteiger partial charge in [-0.15, -0.1) is 0 Å². The molecule has 0 saturated heterocycles. The molecule has 1 fully saturated rings. The molecular formula is C14H23N3O2. The first kappa shape index (κ1) is 14.1. The molecule has 1 heterocycles. The molecule has 1 aliphatic carbocycles. The molecule has 0 spiro atoms. The standard InChI is InChI=1S/C14H23N3O2/c1-2-9-17-10-8-16-13(14(17)18)19-12-7-5-3-4-6-11(12)15/h8,10-12H,2-7,9,15H2,1H3. The van der Waals surface area contributed by atoms with E-state index in [0.717, 1.165) is 32.1 Å². The minimum atomic E-state index is -0.152. The number of nitrogens with zero attached hydrogens (tertiary/aromatic N) is 2. The smallest absolute Gasteiger partial charge is 0.313 e. The Morgan fingerprint density at radius 3 is 3.00 bits per heavy atom. The second-order valence-corrected chi connectivity index (χ2v) is 5.19. The lowest BCUT2D eigenvalue weighted by molar-refractivity contribution is 0.152. The summed E-state index contributed by atoms with van der Waals surface area (Å²) in [6.45, 7) is 2.73. The lowest BCUT2D eigenvalue weighted by Crippen LogP contribution is -2.39. The Balaban J connectivity index is 2.13. The lowest BCUT2D eigenvalue weighted by atomic mass is 10.1. The molecule has 2 atom stereocenters. The molecule has 2 unspecified atom stereocenters. The quantitative estimate of drug-likeness (QED) is 0.841. The van der Waals surface area contributed by atoms with Crippen LogP contribution in [0, 0.1) is 0 Å². The number of ether oxygens (including phenoxy) is 1. The maximum Gasteiger partial charge on any atom is 0.313 e. The van der Waals surface area contributed by atoms with Crippen molar-refractivity contribution in [2.75, 3.05) is 0 Å². The van der Waals surface area contributed by atoms with Crippen LogP contribution in [0.4, 0.5) is 0 Å². The van der Waals surface area contributed by atoms with E-state index in [1.165, 1.54) is 6.42 Å². The Morgan fingerprint density at radius 1 is 1.42 bits per heavy atom. The molecule has 1 aromatic rings. The Bertz CT molecular complexity index is 458. The van der Waals surface area contributed by atoms with Gasteiger partial charge in [0.2, 0.25) is 0 Å². The Labute approximate surface area is 113 Å². The van der Waals surface area contributed by atoms with Gasteiger partial charge < -0.3 is 15.0 Å². The fraction of sp³-hybridized carbons (Fsp3) is 0.714. The average molecular weight is 265 g/mol. The Hall–Kier alpha value is -1.36. The summed E-state index contributed by atoms with van der Waals surface area (Å²) in [6.07, 6.45) is 9.45. The minimum Gasteiger partial charge on any atom is -0.469 e. The van der Waals surface area contributed by atoms with Gasteiger partial charge in [0.25, 0.3) is 5.88 Å². The van der Waals surface area contributed by atoms with Crippen LogP contribution in [0.5, 0.6) is 5.88 Å². The number of aryl methyl sites for hydroxylation is 1. The van der Waals surface area contributed by atoms with Gasteiger partial charge in [0.05, 0.1) is 0 Å². The van der Waals surface area contributed by atoms with Crippen molar-refractivity contribution in [1.82, 2.24) is 9.55 Å². The second kappa shape index (κ2) is 6.70. The van der Waals surface area contributed by atoms with E-state index in [0.29, 0.717) is 6.54 Å². The van der Waals surface area contributed by atoms with Crippen molar-refractivity contribution in [3.8, 4) is 5.88 Å². The van der Waals surface area contributed by atoms with Crippen molar-refractivity contribution in [1.29, 1.82) is 0 Å². The molecular weight excluding hydrogens is 242 g/mol. The van der Waals surface area contributed by atoms with Crippen LogP contribution in [0.1, 0.15) is 45.4 Å². The van der Waals surface area contributed by atoms with Crippen molar-refractivity contribution >= 4 is 0 Å². The fourth-order valence-corrected chi connectivity index (χ4v) is 2.52. The highest BCUT2D eigenvalue weighted by molar-refractivity contribution is 5.05. The SMILES string of the molecule is CCCn1ccnc(OC2CCCCCC2N)c1=O. The summed E-state index contributed by atoms with van der Waals surface area (Å²) in [4.78, 5) is 16.2. The molecule has 106 valence electrons. The van der Waals surface area contributed by atoms with E-state index >= 15 is 0 Å². The zero-order chi connectivity index (χ0) is 13.7. The Kier molecular flexibility index (Phi) is 4.96. The predicted octanol–water partition coefficient (Wildman–Crippen LogP) is 1.69. The van der Waals surface area contributed by atoms with Crippen LogP contribution >= 0.6 is 0 Å². The van der Waals surface area contributed by atoms with E-state index in [-0.39, 0.29) is 23.6 Å². The molecule has 0 amide bonds. The molecule has 0 aromatic carbocycles. The molecule has 5 nitrogen and oxygen atoms in total. The lowest BCUT2D eigenvalue weighted by Gasteiger charge is -2.22. The highest BCUT2D eigenvalue weighted by atomic mass is 16.5. The summed E-state index contributed by atoms with van der Waals surface area (Å²) in [6, 6.07) is 0.00327. The van der Waals surface area contributed by atoms with Crippen molar-refractivity contribution < 1.29 is 4.74 Å². The van der Waals surface area contributed by atoms with E-state index in [9.17, 15) is 4.79 Å². The maximum atomic E-state index is 12.2. The summed E-state index contributed by atoms with van der Waals surface area (Å²) < 4.78 is 7.44. The largest absolute Gasteiger partial charge is 0.469 e. The van der Waals surface area contributed by atoms with Crippen molar-refractivity contribution in [2.24, 2.45) is 5.73 Å². The molecule has 5 heteroatoms. The molecule has 2 N–H and O–H groups in total. The van der Waals surface area contributed by atoms with E-state index in [1.807, 2.05) is 6.92 Å². The first-order valence-corrected chi connectivity index (χ1v) is 7.20. The van der Waals surface area contributed by atoms with Crippen LogP contribution in [0.25, 0.3) is 0 Å². The maximum absolute atomic E-state index is 12.2. The zero-order valence-electron chi connectivity index (χ0n) is 11.5. The minimum absolute atomic E-state index is 0.00327. The monoisotopic (exact) mass is 265 g/mol. The normalized spacial score (nSPS) is 23.9. The van der Waals surface area contributed by atoms with Gasteiger partial charge in [0, 0.05) is 25.0 Å². The summed E-state index contributed by atoms with van der Waals surface area (Å²) >= 11 is 0. The molecule has 1 saturated carbocycles. The molecule has 2 rings (SSSR count). The van der Waals surface area contributed by atoms with E-state index in [2.05, 4.69) is 4.98 Å². The van der Waals surface area contributed by atoms with Gasteiger partial charge in [-0.3, -0.25) is 4.79 Å². The molecule has 0 radical (unpaired) electrons. The van der Waals surface area contributed by atoms with Gasteiger partial charge >= 0.3 is 5.56 Å². The van der Waals surface area contributed by atoms with E-state index < -0.39 is 0 Å². The van der Waals surface area contributed by atoms with Crippen LogP contribution in [-0.4, -0.2) is 21.7 Å². The molecule has 0 bridgehead atoms. The van der Waals surface area contributed by atoms with Crippen LogP contribution in [0.15, 0.2) is 17.2 Å². The number of aromatic nitrogens is 2. The topological polar surface area (TPSA) is 70.1 Å². The van der Waals surface area contributed by atoms with Crippen LogP contribution in [0.2, 0.25) is 0 Å². The zero-order valence-corrected chi connectivity index (χ0v) is 11.5. The van der Waals surface area contributed by atoms with E-state index in [1.54, 1.807) is 17.0 Å². The average Bonchev–Trinajstić information content (AvgIpc) is 2.60. The van der Waals surface area contributed by atoms with Crippen molar-refractivity contribution in [3.05, 3.63) is 22.7 Å². The highest BCUT2D eigenvalue weighted by Crippen LogP contribution is 2.19. The van der Waals surface area contributed by atoms with Gasteiger partial charge in [-0.2, -0.15) is 0 Å². The highest BCUT2D eigenvalue weighted by Gasteiger charge is 2.23. The second-order valence-electron chi connectivity index (χ2n) is 5.19. The van der Waals surface area contributed by atoms with Crippen LogP contribution in [0.3, 0.4) is 0 Å². The predicted molar refractivity (Wildman–Crippen MR) is 74.3 cm³/mol. The molecule has 0 aliphatic heterocycles. The van der Waals surface area contributed by atoms with Crippen molar-refractivity contribution in [2.45, 2.75) is 64.1 Å². The summed E-state index contributed by atoms with van der Waals surface area (Å²) in [5.74, 6) is 0.193. The van der Waals surface area contributed by atoms with Gasteiger partial charge in [0.15, 0.2) is 0 Å². The Morgan fingerprint density at radius 2 is 2.21 bits per heavy atom. The van der Waals surface area contributed by atoms with Crippen LogP contribution in [-0.2, 0) is 6.54 Å². The number of rotatable bonds is 4. The third-order valence-electron chi connectivity index (χ3n) is 3.61. The van der Waals surface area contributed by atoms with Gasteiger partial charge in [-0.1, -0.05) is 19.8 Å². The third-order valence-corrected chi connectivity index (χ3v) is 3.61. The molecule has 19 heavy (non-hydrogen) atoms. The van der Waals surface area contributed by atoms with Crippen molar-refractivity contribution in [3.63, 3.8) is 0 Å². The van der Waals surface area contributed by atoms with Gasteiger partial charge in [-0.25, -0.2) is 4.98 Å². The summed E-state index contributed by atoms with van der Waals surface area (Å²) in [5.41, 5.74) is 5.96. The molecule has 1 aliphatic rings. The molecule has 1 aromatic heterocycles. The first-order valence-electron chi connectivity index (χ1n) is 7.20.